The lowest BCUT2D eigenvalue weighted by Crippen LogP contribution is -2.15. The minimum Gasteiger partial charge on any atom is -0.388 e. The van der Waals surface area contributed by atoms with Crippen LogP contribution < -0.4 is 0 Å². The summed E-state index contributed by atoms with van der Waals surface area (Å²) in [7, 11) is 0. The number of hydrogen-bond donors (Lipinski definition) is 1. The fraction of sp³-hybridized carbons (Fsp3) is 0.636. The molecule has 78 valence electrons. The maximum absolute atomic E-state index is 10.1. The molecule has 1 aromatic heterocycles. The number of aliphatic hydroxyl groups is 1. The Bertz CT molecular complexity index is 291. The molecular weight excluding hydrogens is 216 g/mol. The third-order valence-corrected chi connectivity index (χ3v) is 4.28. The molecule has 0 spiro atoms. The van der Waals surface area contributed by atoms with Crippen molar-refractivity contribution in [3.05, 3.63) is 21.3 Å². The van der Waals surface area contributed by atoms with E-state index in [9.17, 15) is 5.11 Å². The first kappa shape index (κ1) is 10.5. The van der Waals surface area contributed by atoms with Gasteiger partial charge in [0.15, 0.2) is 0 Å². The van der Waals surface area contributed by atoms with E-state index >= 15 is 0 Å². The van der Waals surface area contributed by atoms with Gasteiger partial charge in [-0.1, -0.05) is 30.9 Å². The van der Waals surface area contributed by atoms with Crippen LogP contribution in [-0.4, -0.2) is 5.11 Å². The zero-order chi connectivity index (χ0) is 9.97. The summed E-state index contributed by atoms with van der Waals surface area (Å²) in [6, 6.07) is 0. The zero-order valence-electron chi connectivity index (χ0n) is 8.08. The summed E-state index contributed by atoms with van der Waals surface area (Å²) in [5.41, 5.74) is 0.934. The fourth-order valence-electron chi connectivity index (χ4n) is 2.21. The van der Waals surface area contributed by atoms with E-state index in [1.807, 2.05) is 10.8 Å². The number of aliphatic hydroxyl groups excluding tert-OH is 1. The summed E-state index contributed by atoms with van der Waals surface area (Å²) in [5, 5.41) is 14.7. The van der Waals surface area contributed by atoms with Crippen molar-refractivity contribution in [1.82, 2.24) is 0 Å². The van der Waals surface area contributed by atoms with Crippen LogP contribution in [0.25, 0.3) is 0 Å². The van der Waals surface area contributed by atoms with Crippen LogP contribution in [0.5, 0.6) is 0 Å². The fourth-order valence-corrected chi connectivity index (χ4v) is 3.33. The van der Waals surface area contributed by atoms with Gasteiger partial charge in [0.1, 0.15) is 0 Å². The molecule has 2 rings (SSSR count). The average molecular weight is 231 g/mol. The van der Waals surface area contributed by atoms with Gasteiger partial charge in [-0.2, -0.15) is 11.3 Å². The molecule has 0 radical (unpaired) electrons. The van der Waals surface area contributed by atoms with Crippen LogP contribution in [0.4, 0.5) is 0 Å². The second kappa shape index (κ2) is 4.65. The van der Waals surface area contributed by atoms with E-state index in [1.165, 1.54) is 19.3 Å². The van der Waals surface area contributed by atoms with Gasteiger partial charge in [-0.25, -0.2) is 0 Å². The molecule has 1 aliphatic rings. The molecule has 1 atom stereocenters. The molecule has 1 fully saturated rings. The van der Waals surface area contributed by atoms with Crippen LogP contribution in [0.2, 0.25) is 5.02 Å². The summed E-state index contributed by atoms with van der Waals surface area (Å²) in [6.07, 6.45) is 5.78. The maximum atomic E-state index is 10.1. The normalized spacial score (nSPS) is 21.0. The Balaban J connectivity index is 2.07. The van der Waals surface area contributed by atoms with E-state index in [0.717, 1.165) is 23.4 Å². The molecule has 0 saturated heterocycles. The summed E-state index contributed by atoms with van der Waals surface area (Å²) < 4.78 is 0. The summed E-state index contributed by atoms with van der Waals surface area (Å²) in [5.74, 6) is 0.427. The molecule has 1 saturated carbocycles. The molecule has 1 heterocycles. The second-order valence-corrected chi connectivity index (χ2v) is 5.17. The molecule has 1 aromatic rings. The van der Waals surface area contributed by atoms with Crippen molar-refractivity contribution in [1.29, 1.82) is 0 Å². The molecule has 1 N–H and O–H groups in total. The van der Waals surface area contributed by atoms with E-state index in [2.05, 4.69) is 0 Å². The van der Waals surface area contributed by atoms with Crippen molar-refractivity contribution in [2.45, 2.75) is 38.2 Å². The molecule has 0 amide bonds. The van der Waals surface area contributed by atoms with Crippen molar-refractivity contribution >= 4 is 22.9 Å². The molecule has 0 bridgehead atoms. The van der Waals surface area contributed by atoms with Gasteiger partial charge in [0, 0.05) is 10.9 Å². The average Bonchev–Trinajstić information content (AvgIpc) is 2.65. The highest BCUT2D eigenvalue weighted by atomic mass is 35.5. The Morgan fingerprint density at radius 1 is 1.29 bits per heavy atom. The highest BCUT2D eigenvalue weighted by Crippen LogP contribution is 2.38. The second-order valence-electron chi connectivity index (χ2n) is 4.02. The summed E-state index contributed by atoms with van der Waals surface area (Å²) in [6.45, 7) is 0. The lowest BCUT2D eigenvalue weighted by Gasteiger charge is -2.26. The molecule has 14 heavy (non-hydrogen) atoms. The standard InChI is InChI=1S/C11H15ClOS/c12-10-7-14-6-9(10)11(13)8-4-2-1-3-5-8/h6-8,11,13H,1-5H2/t11-/m1/s1. The predicted octanol–water partition coefficient (Wildman–Crippen LogP) is 4.02. The van der Waals surface area contributed by atoms with Crippen molar-refractivity contribution in [2.24, 2.45) is 5.92 Å². The van der Waals surface area contributed by atoms with Crippen molar-refractivity contribution in [3.63, 3.8) is 0 Å². The van der Waals surface area contributed by atoms with Crippen molar-refractivity contribution < 1.29 is 5.11 Å². The van der Waals surface area contributed by atoms with Gasteiger partial charge >= 0.3 is 0 Å². The van der Waals surface area contributed by atoms with E-state index in [0.29, 0.717) is 5.92 Å². The van der Waals surface area contributed by atoms with Gasteiger partial charge in [0.05, 0.1) is 11.1 Å². The van der Waals surface area contributed by atoms with Crippen LogP contribution in [0.1, 0.15) is 43.8 Å². The number of halogens is 1. The first-order valence-corrected chi connectivity index (χ1v) is 6.51. The van der Waals surface area contributed by atoms with E-state index < -0.39 is 0 Å². The smallest absolute Gasteiger partial charge is 0.0840 e. The van der Waals surface area contributed by atoms with Gasteiger partial charge in [0.25, 0.3) is 0 Å². The molecule has 3 heteroatoms. The van der Waals surface area contributed by atoms with E-state index in [4.69, 9.17) is 11.6 Å². The van der Waals surface area contributed by atoms with Gasteiger partial charge in [-0.3, -0.25) is 0 Å². The van der Waals surface area contributed by atoms with Gasteiger partial charge in [0.2, 0.25) is 0 Å². The quantitative estimate of drug-likeness (QED) is 0.814. The molecule has 0 aromatic carbocycles. The number of hydrogen-bond acceptors (Lipinski definition) is 2. The highest BCUT2D eigenvalue weighted by molar-refractivity contribution is 7.08. The Hall–Kier alpha value is -0.0500. The molecule has 1 aliphatic carbocycles. The lowest BCUT2D eigenvalue weighted by molar-refractivity contribution is 0.0853. The van der Waals surface area contributed by atoms with Crippen LogP contribution in [0.15, 0.2) is 10.8 Å². The van der Waals surface area contributed by atoms with Crippen LogP contribution in [0.3, 0.4) is 0 Å². The first-order chi connectivity index (χ1) is 6.79. The highest BCUT2D eigenvalue weighted by Gasteiger charge is 2.24. The number of thiophene rings is 1. The Labute approximate surface area is 93.7 Å². The van der Waals surface area contributed by atoms with E-state index in [1.54, 1.807) is 11.3 Å². The lowest BCUT2D eigenvalue weighted by atomic mass is 9.83. The van der Waals surface area contributed by atoms with Crippen molar-refractivity contribution in [3.8, 4) is 0 Å². The van der Waals surface area contributed by atoms with Gasteiger partial charge in [-0.15, -0.1) is 0 Å². The topological polar surface area (TPSA) is 20.2 Å². The molecule has 0 aliphatic heterocycles. The minimum atomic E-state index is -0.339. The van der Waals surface area contributed by atoms with Crippen molar-refractivity contribution in [2.75, 3.05) is 0 Å². The predicted molar refractivity (Wildman–Crippen MR) is 60.9 cm³/mol. The third kappa shape index (κ3) is 2.13. The molecular formula is C11H15ClOS. The van der Waals surface area contributed by atoms with Crippen LogP contribution >= 0.6 is 22.9 Å². The monoisotopic (exact) mass is 230 g/mol. The number of rotatable bonds is 2. The Morgan fingerprint density at radius 2 is 2.00 bits per heavy atom. The van der Waals surface area contributed by atoms with Crippen LogP contribution in [-0.2, 0) is 0 Å². The van der Waals surface area contributed by atoms with E-state index in [-0.39, 0.29) is 6.10 Å². The molecule has 1 nitrogen and oxygen atoms in total. The Morgan fingerprint density at radius 3 is 2.57 bits per heavy atom. The first-order valence-electron chi connectivity index (χ1n) is 5.18. The van der Waals surface area contributed by atoms with Crippen LogP contribution in [0, 0.1) is 5.92 Å². The summed E-state index contributed by atoms with van der Waals surface area (Å²) >= 11 is 7.57. The van der Waals surface area contributed by atoms with Gasteiger partial charge in [-0.05, 0) is 24.1 Å². The van der Waals surface area contributed by atoms with Gasteiger partial charge < -0.3 is 5.11 Å². The minimum absolute atomic E-state index is 0.339. The SMILES string of the molecule is O[C@@H](c1cscc1Cl)C1CCCCC1. The molecule has 0 unspecified atom stereocenters. The third-order valence-electron chi connectivity index (χ3n) is 3.06. The summed E-state index contributed by atoms with van der Waals surface area (Å²) in [4.78, 5) is 0. The Kier molecular flexibility index (Phi) is 3.47. The zero-order valence-corrected chi connectivity index (χ0v) is 9.65. The maximum Gasteiger partial charge on any atom is 0.0840 e. The largest absolute Gasteiger partial charge is 0.388 e.